The number of carbonyl (C=O) groups excluding carboxylic acids is 3. The number of hydrogen-bond acceptors (Lipinski definition) is 6. The predicted molar refractivity (Wildman–Crippen MR) is 361 cm³/mol. The van der Waals surface area contributed by atoms with E-state index in [1.807, 2.05) is 12.2 Å². The molecule has 0 radical (unpaired) electrons. The second-order valence-corrected chi connectivity index (χ2v) is 20.9. The molecule has 0 fully saturated rings. The fourth-order valence-electron chi connectivity index (χ4n) is 8.22. The van der Waals surface area contributed by atoms with Gasteiger partial charge in [-0.25, -0.2) is 0 Å². The van der Waals surface area contributed by atoms with Crippen LogP contribution in [0.15, 0.2) is 194 Å². The molecule has 462 valence electrons. The van der Waals surface area contributed by atoms with Crippen LogP contribution in [0.2, 0.25) is 0 Å². The van der Waals surface area contributed by atoms with Crippen molar-refractivity contribution in [3.8, 4) is 0 Å². The summed E-state index contributed by atoms with van der Waals surface area (Å²) in [5, 5.41) is 0. The summed E-state index contributed by atoms with van der Waals surface area (Å²) in [6.07, 6.45) is 105. The summed E-state index contributed by atoms with van der Waals surface area (Å²) in [6, 6.07) is 0. The zero-order valence-electron chi connectivity index (χ0n) is 52.9. The molecule has 6 nitrogen and oxygen atoms in total. The molecular formula is C77H118O6. The Morgan fingerprint density at radius 2 is 0.494 bits per heavy atom. The molecule has 0 heterocycles. The minimum Gasteiger partial charge on any atom is -0.462 e. The number of hydrogen-bond donors (Lipinski definition) is 0. The molecule has 1 unspecified atom stereocenters. The first kappa shape index (κ1) is 77.2. The van der Waals surface area contributed by atoms with Crippen LogP contribution in [-0.2, 0) is 28.6 Å². The molecule has 0 aromatic carbocycles. The van der Waals surface area contributed by atoms with E-state index in [2.05, 4.69) is 203 Å². The third kappa shape index (κ3) is 66.9. The van der Waals surface area contributed by atoms with Gasteiger partial charge in [-0.05, 0) is 154 Å². The molecule has 1 atom stereocenters. The minimum absolute atomic E-state index is 0.126. The lowest BCUT2D eigenvalue weighted by atomic mass is 10.1. The van der Waals surface area contributed by atoms with E-state index < -0.39 is 6.10 Å². The van der Waals surface area contributed by atoms with E-state index in [4.69, 9.17) is 14.2 Å². The summed E-state index contributed by atoms with van der Waals surface area (Å²) < 4.78 is 16.8. The number of rotatable bonds is 57. The molecule has 0 aliphatic carbocycles. The first-order valence-electron chi connectivity index (χ1n) is 32.9. The Hall–Kier alpha value is -5.75. The molecular weight excluding hydrogens is 1020 g/mol. The summed E-state index contributed by atoms with van der Waals surface area (Å²) >= 11 is 0. The highest BCUT2D eigenvalue weighted by Gasteiger charge is 2.19. The predicted octanol–water partition coefficient (Wildman–Crippen LogP) is 23.0. The topological polar surface area (TPSA) is 78.9 Å². The highest BCUT2D eigenvalue weighted by Crippen LogP contribution is 2.13. The third-order valence-corrected chi connectivity index (χ3v) is 13.1. The van der Waals surface area contributed by atoms with Gasteiger partial charge in [-0.15, -0.1) is 0 Å². The number of allylic oxidation sites excluding steroid dienone is 32. The molecule has 0 N–H and O–H groups in total. The fraction of sp³-hybridized carbons (Fsp3) is 0.545. The second-order valence-electron chi connectivity index (χ2n) is 20.9. The Bertz CT molecular complexity index is 1990. The van der Waals surface area contributed by atoms with Gasteiger partial charge in [0.25, 0.3) is 0 Å². The Kier molecular flexibility index (Phi) is 64.0. The SMILES string of the molecule is CC/C=C\C/C=C\C/C=C\C/C=C\C/C=C\C/C=C\C/C=C\C/C=C\C/C=C\CCCCCCCC(=O)OCC(COC(=O)CC/C=C\C/C=C\C/C=C\C/C=C\CC)OC(=O)CCCCCCCC/C=C\C/C=C\C/C=C\CCCCC. The zero-order valence-corrected chi connectivity index (χ0v) is 52.9. The van der Waals surface area contributed by atoms with Crippen molar-refractivity contribution in [2.45, 2.75) is 258 Å². The van der Waals surface area contributed by atoms with Gasteiger partial charge in [0.05, 0.1) is 0 Å². The van der Waals surface area contributed by atoms with Crippen LogP contribution in [0.25, 0.3) is 0 Å². The molecule has 0 saturated heterocycles. The quantitative estimate of drug-likeness (QED) is 0.0261. The summed E-state index contributed by atoms with van der Waals surface area (Å²) in [7, 11) is 0. The maximum Gasteiger partial charge on any atom is 0.306 e. The van der Waals surface area contributed by atoms with Gasteiger partial charge in [-0.1, -0.05) is 273 Å². The van der Waals surface area contributed by atoms with Crippen molar-refractivity contribution in [1.29, 1.82) is 0 Å². The Balaban J connectivity index is 4.43. The lowest BCUT2D eigenvalue weighted by Crippen LogP contribution is -2.30. The van der Waals surface area contributed by atoms with Crippen molar-refractivity contribution >= 4 is 17.9 Å². The van der Waals surface area contributed by atoms with Crippen LogP contribution >= 0.6 is 0 Å². The van der Waals surface area contributed by atoms with Gasteiger partial charge in [-0.3, -0.25) is 14.4 Å². The highest BCUT2D eigenvalue weighted by atomic mass is 16.6. The third-order valence-electron chi connectivity index (χ3n) is 13.1. The second kappa shape index (κ2) is 68.7. The van der Waals surface area contributed by atoms with Crippen LogP contribution in [0.3, 0.4) is 0 Å². The van der Waals surface area contributed by atoms with Crippen LogP contribution in [0, 0.1) is 0 Å². The number of carbonyl (C=O) groups is 3. The van der Waals surface area contributed by atoms with Crippen LogP contribution in [0.5, 0.6) is 0 Å². The van der Waals surface area contributed by atoms with E-state index in [9.17, 15) is 14.4 Å². The Morgan fingerprint density at radius 1 is 0.253 bits per heavy atom. The van der Waals surface area contributed by atoms with E-state index in [-0.39, 0.29) is 44.0 Å². The highest BCUT2D eigenvalue weighted by molar-refractivity contribution is 5.71. The molecule has 0 spiro atoms. The maximum absolute atomic E-state index is 12.9. The summed E-state index contributed by atoms with van der Waals surface area (Å²) in [5.74, 6) is -1.05. The van der Waals surface area contributed by atoms with Crippen molar-refractivity contribution in [2.75, 3.05) is 13.2 Å². The average molecular weight is 1140 g/mol. The lowest BCUT2D eigenvalue weighted by Gasteiger charge is -2.18. The largest absolute Gasteiger partial charge is 0.462 e. The van der Waals surface area contributed by atoms with Crippen LogP contribution in [-0.4, -0.2) is 37.2 Å². The van der Waals surface area contributed by atoms with Gasteiger partial charge in [0.1, 0.15) is 13.2 Å². The Labute approximate surface area is 509 Å². The normalized spacial score (nSPS) is 13.4. The fourth-order valence-corrected chi connectivity index (χ4v) is 8.22. The molecule has 0 aliphatic rings. The van der Waals surface area contributed by atoms with Crippen LogP contribution in [0.4, 0.5) is 0 Å². The van der Waals surface area contributed by atoms with Crippen molar-refractivity contribution in [3.63, 3.8) is 0 Å². The van der Waals surface area contributed by atoms with Crippen LogP contribution < -0.4 is 0 Å². The van der Waals surface area contributed by atoms with Crippen LogP contribution in [0.1, 0.15) is 252 Å². The van der Waals surface area contributed by atoms with E-state index in [1.54, 1.807) is 0 Å². The molecule has 0 aromatic heterocycles. The first-order chi connectivity index (χ1) is 41.0. The molecule has 0 saturated carbocycles. The maximum atomic E-state index is 12.9. The van der Waals surface area contributed by atoms with Gasteiger partial charge in [-0.2, -0.15) is 0 Å². The number of ether oxygens (including phenoxy) is 3. The molecule has 0 aliphatic heterocycles. The standard InChI is InChI=1S/C77H118O6/c1-4-7-10-13-16-19-22-25-27-29-31-32-33-34-35-36-37-38-39-40-41-42-43-44-46-47-49-52-55-58-61-64-67-70-76(79)82-73-74(72-81-75(78)69-66-63-60-57-54-51-24-21-18-15-12-9-6-3)83-77(80)71-68-65-62-59-56-53-50-48-45-30-28-26-23-20-17-14-11-8-5-2/h7,9-10,12,16-21,25-28,31-32,34-35,37-38,40-41,43-45,47-49,51,54,60,63,74H,4-6,8,11,13-15,22-24,29-30,33,36,39,42,46,50,52-53,55-59,61-62,64-73H2,1-3H3/b10-7-,12-9-,19-16-,20-17-,21-18-,27-25-,28-26-,32-31-,35-34-,38-37-,41-40-,44-43-,48-45-,49-47-,54-51-,63-60-. The van der Waals surface area contributed by atoms with Gasteiger partial charge >= 0.3 is 17.9 Å². The van der Waals surface area contributed by atoms with E-state index in [0.29, 0.717) is 12.8 Å². The molecule has 0 aromatic rings. The molecule has 0 rings (SSSR count). The average Bonchev–Trinajstić information content (AvgIpc) is 3.49. The monoisotopic (exact) mass is 1140 g/mol. The van der Waals surface area contributed by atoms with Gasteiger partial charge < -0.3 is 14.2 Å². The minimum atomic E-state index is -0.835. The summed E-state index contributed by atoms with van der Waals surface area (Å²) in [5.41, 5.74) is 0. The molecule has 0 amide bonds. The zero-order chi connectivity index (χ0) is 59.9. The van der Waals surface area contributed by atoms with Gasteiger partial charge in [0.2, 0.25) is 0 Å². The Morgan fingerprint density at radius 3 is 0.807 bits per heavy atom. The lowest BCUT2D eigenvalue weighted by molar-refractivity contribution is -0.166. The van der Waals surface area contributed by atoms with Crippen molar-refractivity contribution in [1.82, 2.24) is 0 Å². The first-order valence-corrected chi connectivity index (χ1v) is 32.9. The van der Waals surface area contributed by atoms with Crippen molar-refractivity contribution in [2.24, 2.45) is 0 Å². The van der Waals surface area contributed by atoms with Crippen molar-refractivity contribution < 1.29 is 28.6 Å². The number of unbranched alkanes of at least 4 members (excludes halogenated alkanes) is 14. The number of esters is 3. The van der Waals surface area contributed by atoms with E-state index in [0.717, 1.165) is 167 Å². The summed E-state index contributed by atoms with van der Waals surface area (Å²) in [4.78, 5) is 38.3. The summed E-state index contributed by atoms with van der Waals surface area (Å²) in [6.45, 7) is 6.28. The smallest absolute Gasteiger partial charge is 0.306 e. The molecule has 0 bridgehead atoms. The van der Waals surface area contributed by atoms with Gasteiger partial charge in [0, 0.05) is 19.3 Å². The van der Waals surface area contributed by atoms with E-state index in [1.165, 1.54) is 38.5 Å². The van der Waals surface area contributed by atoms with Gasteiger partial charge in [0.15, 0.2) is 6.10 Å². The van der Waals surface area contributed by atoms with Crippen molar-refractivity contribution in [3.05, 3.63) is 194 Å². The van der Waals surface area contributed by atoms with E-state index >= 15 is 0 Å². The molecule has 83 heavy (non-hydrogen) atoms. The molecule has 6 heteroatoms.